The third-order valence-corrected chi connectivity index (χ3v) is 2.57. The number of aliphatic hydroxyl groups is 1. The monoisotopic (exact) mass is 172 g/mol. The summed E-state index contributed by atoms with van der Waals surface area (Å²) in [6.45, 7) is 0.985. The van der Waals surface area contributed by atoms with Crippen molar-refractivity contribution in [2.75, 3.05) is 13.6 Å². The lowest BCUT2D eigenvalue weighted by Gasteiger charge is -2.04. The van der Waals surface area contributed by atoms with Crippen LogP contribution in [0.5, 0.6) is 0 Å². The van der Waals surface area contributed by atoms with Crippen molar-refractivity contribution in [3.8, 4) is 0 Å². The first-order valence-electron chi connectivity index (χ1n) is 3.84. The molecule has 0 saturated heterocycles. The van der Waals surface area contributed by atoms with Crippen molar-refractivity contribution in [3.05, 3.63) is 22.4 Å². The molecule has 1 atom stereocenters. The second-order valence-electron chi connectivity index (χ2n) is 2.52. The highest BCUT2D eigenvalue weighted by molar-refractivity contribution is 7.10. The molecule has 3 heteroatoms. The van der Waals surface area contributed by atoms with Gasteiger partial charge < -0.3 is 10.4 Å². The van der Waals surface area contributed by atoms with Crippen molar-refractivity contribution < 1.29 is 10.4 Å². The zero-order valence-corrected chi connectivity index (χ0v) is 7.47. The number of rotatable bonds is 4. The molecule has 0 spiro atoms. The molecule has 0 aliphatic heterocycles. The maximum Gasteiger partial charge on any atom is 0.0935 e. The second kappa shape index (κ2) is 4.49. The van der Waals surface area contributed by atoms with E-state index in [2.05, 4.69) is 5.32 Å². The molecule has 1 aromatic rings. The third-order valence-electron chi connectivity index (χ3n) is 1.60. The molecule has 1 heterocycles. The maximum atomic E-state index is 9.53. The highest BCUT2D eigenvalue weighted by Crippen LogP contribution is 2.20. The Morgan fingerprint density at radius 3 is 3.09 bits per heavy atom. The molecule has 11 heavy (non-hydrogen) atoms. The van der Waals surface area contributed by atoms with Crippen molar-refractivity contribution in [1.82, 2.24) is 0 Å². The van der Waals surface area contributed by atoms with Crippen LogP contribution in [-0.2, 0) is 0 Å². The van der Waals surface area contributed by atoms with Gasteiger partial charge in [-0.3, -0.25) is 0 Å². The van der Waals surface area contributed by atoms with Gasteiger partial charge in [-0.2, -0.15) is 0 Å². The smallest absolute Gasteiger partial charge is 0.0935 e. The Bertz CT molecular complexity index is 186. The zero-order valence-electron chi connectivity index (χ0n) is 6.66. The molecule has 0 radical (unpaired) electrons. The Morgan fingerprint density at radius 1 is 1.73 bits per heavy atom. The molecule has 0 aromatic carbocycles. The molecule has 1 rings (SSSR count). The summed E-state index contributed by atoms with van der Waals surface area (Å²) in [6.07, 6.45) is 0.586. The van der Waals surface area contributed by atoms with Gasteiger partial charge in [0.25, 0.3) is 0 Å². The quantitative estimate of drug-likeness (QED) is 0.676. The van der Waals surface area contributed by atoms with Gasteiger partial charge in [-0.25, -0.2) is 0 Å². The summed E-state index contributed by atoms with van der Waals surface area (Å²) in [4.78, 5) is 1.08. The molecule has 0 amide bonds. The summed E-state index contributed by atoms with van der Waals surface area (Å²) in [5.41, 5.74) is 0. The van der Waals surface area contributed by atoms with E-state index in [0.717, 1.165) is 17.8 Å². The van der Waals surface area contributed by atoms with E-state index in [1.54, 1.807) is 11.3 Å². The van der Waals surface area contributed by atoms with Crippen LogP contribution in [0.4, 0.5) is 0 Å². The van der Waals surface area contributed by atoms with E-state index in [-0.39, 0.29) is 6.10 Å². The zero-order chi connectivity index (χ0) is 8.10. The van der Waals surface area contributed by atoms with E-state index < -0.39 is 0 Å². The van der Waals surface area contributed by atoms with Crippen LogP contribution < -0.4 is 5.32 Å². The van der Waals surface area contributed by atoms with Crippen molar-refractivity contribution in [2.45, 2.75) is 12.5 Å². The summed E-state index contributed by atoms with van der Waals surface area (Å²) in [6, 6.07) is 3.95. The SMILES string of the molecule is C[NH2+]CC[C@@H](O)c1cccs1. The molecule has 1 aromatic heterocycles. The van der Waals surface area contributed by atoms with E-state index in [4.69, 9.17) is 0 Å². The van der Waals surface area contributed by atoms with Gasteiger partial charge in [0, 0.05) is 11.3 Å². The number of thiophene rings is 1. The number of nitrogens with two attached hydrogens (primary N) is 1. The first-order chi connectivity index (χ1) is 5.34. The van der Waals surface area contributed by atoms with E-state index in [9.17, 15) is 5.11 Å². The molecule has 62 valence electrons. The predicted octanol–water partition coefficient (Wildman–Crippen LogP) is 0.365. The number of quaternary nitrogens is 1. The fourth-order valence-corrected chi connectivity index (χ4v) is 1.69. The first-order valence-corrected chi connectivity index (χ1v) is 4.72. The average molecular weight is 172 g/mol. The molecule has 3 N–H and O–H groups in total. The molecule has 0 bridgehead atoms. The van der Waals surface area contributed by atoms with E-state index >= 15 is 0 Å². The van der Waals surface area contributed by atoms with Crippen LogP contribution in [0.3, 0.4) is 0 Å². The minimum Gasteiger partial charge on any atom is -0.387 e. The summed E-state index contributed by atoms with van der Waals surface area (Å²) >= 11 is 1.62. The third kappa shape index (κ3) is 2.61. The number of hydrogen-bond donors (Lipinski definition) is 2. The molecule has 0 fully saturated rings. The van der Waals surface area contributed by atoms with E-state index in [0.29, 0.717) is 0 Å². The van der Waals surface area contributed by atoms with Crippen LogP contribution in [0.15, 0.2) is 17.5 Å². The summed E-state index contributed by atoms with van der Waals surface area (Å²) in [5, 5.41) is 13.6. The van der Waals surface area contributed by atoms with Crippen molar-refractivity contribution in [3.63, 3.8) is 0 Å². The van der Waals surface area contributed by atoms with Crippen molar-refractivity contribution in [1.29, 1.82) is 0 Å². The van der Waals surface area contributed by atoms with E-state index in [1.165, 1.54) is 0 Å². The standard InChI is InChI=1S/C8H13NOS/c1-9-5-4-7(10)8-3-2-6-11-8/h2-3,6-7,9-10H,4-5H2,1H3/p+1/t7-/m1/s1. The highest BCUT2D eigenvalue weighted by Gasteiger charge is 2.07. The molecule has 0 aliphatic rings. The Balaban J connectivity index is 2.36. The normalized spacial score (nSPS) is 13.3. The largest absolute Gasteiger partial charge is 0.387 e. The van der Waals surface area contributed by atoms with Crippen LogP contribution in [0.25, 0.3) is 0 Å². The van der Waals surface area contributed by atoms with Crippen molar-refractivity contribution in [2.24, 2.45) is 0 Å². The Morgan fingerprint density at radius 2 is 2.55 bits per heavy atom. The fraction of sp³-hybridized carbons (Fsp3) is 0.500. The van der Waals surface area contributed by atoms with Crippen LogP contribution in [0, 0.1) is 0 Å². The fourth-order valence-electron chi connectivity index (χ4n) is 0.948. The minimum atomic E-state index is -0.258. The van der Waals surface area contributed by atoms with Gasteiger partial charge in [-0.1, -0.05) is 6.07 Å². The van der Waals surface area contributed by atoms with Gasteiger partial charge in [0.05, 0.1) is 19.7 Å². The molecule has 0 saturated carbocycles. The molecule has 0 unspecified atom stereocenters. The maximum absolute atomic E-state index is 9.53. The van der Waals surface area contributed by atoms with Gasteiger partial charge >= 0.3 is 0 Å². The molecule has 2 nitrogen and oxygen atoms in total. The molecular formula is C8H14NOS+. The summed E-state index contributed by atoms with van der Waals surface area (Å²) < 4.78 is 0. The Hall–Kier alpha value is -0.380. The predicted molar refractivity (Wildman–Crippen MR) is 46.6 cm³/mol. The van der Waals surface area contributed by atoms with Crippen LogP contribution >= 0.6 is 11.3 Å². The average Bonchev–Trinajstić information content (AvgIpc) is 2.52. The van der Waals surface area contributed by atoms with Gasteiger partial charge in [0.15, 0.2) is 0 Å². The lowest BCUT2D eigenvalue weighted by atomic mass is 10.2. The number of hydrogen-bond acceptors (Lipinski definition) is 2. The first kappa shape index (κ1) is 8.71. The van der Waals surface area contributed by atoms with Gasteiger partial charge in [-0.05, 0) is 11.4 Å². The van der Waals surface area contributed by atoms with Crippen LogP contribution in [0.2, 0.25) is 0 Å². The lowest BCUT2D eigenvalue weighted by molar-refractivity contribution is -0.628. The van der Waals surface area contributed by atoms with E-state index in [1.807, 2.05) is 24.6 Å². The minimum absolute atomic E-state index is 0.258. The molecule has 0 aliphatic carbocycles. The lowest BCUT2D eigenvalue weighted by Crippen LogP contribution is -2.79. The highest BCUT2D eigenvalue weighted by atomic mass is 32.1. The summed E-state index contributed by atoms with van der Waals surface area (Å²) in [7, 11) is 2.02. The van der Waals surface area contributed by atoms with Crippen LogP contribution in [0.1, 0.15) is 17.4 Å². The second-order valence-corrected chi connectivity index (χ2v) is 3.50. The topological polar surface area (TPSA) is 36.8 Å². The van der Waals surface area contributed by atoms with Gasteiger partial charge in [0.2, 0.25) is 0 Å². The Kier molecular flexibility index (Phi) is 3.56. The number of aliphatic hydroxyl groups excluding tert-OH is 1. The van der Waals surface area contributed by atoms with Crippen molar-refractivity contribution >= 4 is 11.3 Å². The van der Waals surface area contributed by atoms with Crippen LogP contribution in [-0.4, -0.2) is 18.7 Å². The van der Waals surface area contributed by atoms with Gasteiger partial charge in [-0.15, -0.1) is 11.3 Å². The van der Waals surface area contributed by atoms with Gasteiger partial charge in [0.1, 0.15) is 0 Å². The summed E-state index contributed by atoms with van der Waals surface area (Å²) in [5.74, 6) is 0. The Labute approximate surface area is 70.9 Å². The molecular weight excluding hydrogens is 158 g/mol.